The summed E-state index contributed by atoms with van der Waals surface area (Å²) in [5, 5.41) is 9.62. The number of hydrogen-bond donors (Lipinski definition) is 2. The first kappa shape index (κ1) is 20.7. The number of carboxylic acid groups (broad SMARTS) is 1. The number of nitrogens with zero attached hydrogens (tertiary/aromatic N) is 1. The number of rotatable bonds is 7. The van der Waals surface area contributed by atoms with Gasteiger partial charge in [0.25, 0.3) is 0 Å². The largest absolute Gasteiger partial charge is 0.489 e. The van der Waals surface area contributed by atoms with Gasteiger partial charge in [-0.15, -0.1) is 0 Å². The second kappa shape index (κ2) is 8.86. The number of carbonyl (C=O) groups is 1. The fraction of sp³-hybridized carbons (Fsp3) is 0.333. The van der Waals surface area contributed by atoms with Crippen LogP contribution in [0.15, 0.2) is 54.6 Å². The summed E-state index contributed by atoms with van der Waals surface area (Å²) in [6.45, 7) is 5.97. The standard InChI is InChI=1S/C21H26N2O3S/c1-21(2,3)23(20(24)25)18(19(22)27)13-15-9-11-17(12-10-15)26-14-16-7-5-4-6-8-16/h4-12,18H,13-14H2,1-3H3,(H2,22,27)(H,24,25). The molecule has 0 fully saturated rings. The molecule has 1 atom stereocenters. The Morgan fingerprint density at radius 1 is 1.11 bits per heavy atom. The Morgan fingerprint density at radius 2 is 1.70 bits per heavy atom. The van der Waals surface area contributed by atoms with Crippen LogP contribution in [-0.2, 0) is 13.0 Å². The Kier molecular flexibility index (Phi) is 6.80. The van der Waals surface area contributed by atoms with Gasteiger partial charge < -0.3 is 15.6 Å². The third-order valence-corrected chi connectivity index (χ3v) is 4.44. The van der Waals surface area contributed by atoms with Crippen LogP contribution in [0.25, 0.3) is 0 Å². The van der Waals surface area contributed by atoms with Gasteiger partial charge in [-0.25, -0.2) is 4.79 Å². The molecular formula is C21H26N2O3S. The van der Waals surface area contributed by atoms with Crippen LogP contribution >= 0.6 is 12.2 Å². The van der Waals surface area contributed by atoms with Gasteiger partial charge in [0.15, 0.2) is 0 Å². The van der Waals surface area contributed by atoms with Crippen molar-refractivity contribution in [3.63, 3.8) is 0 Å². The second-order valence-corrected chi connectivity index (χ2v) is 7.84. The van der Waals surface area contributed by atoms with E-state index in [-0.39, 0.29) is 4.99 Å². The van der Waals surface area contributed by atoms with Gasteiger partial charge in [-0.2, -0.15) is 0 Å². The third-order valence-electron chi connectivity index (χ3n) is 4.17. The molecule has 0 aromatic heterocycles. The topological polar surface area (TPSA) is 75.8 Å². The fourth-order valence-electron chi connectivity index (χ4n) is 2.89. The molecule has 1 amide bonds. The summed E-state index contributed by atoms with van der Waals surface area (Å²) < 4.78 is 5.78. The van der Waals surface area contributed by atoms with E-state index in [1.807, 2.05) is 75.4 Å². The minimum absolute atomic E-state index is 0.164. The average molecular weight is 387 g/mol. The van der Waals surface area contributed by atoms with Gasteiger partial charge in [-0.05, 0) is 50.5 Å². The summed E-state index contributed by atoms with van der Waals surface area (Å²) in [6.07, 6.45) is -0.624. The third kappa shape index (κ3) is 5.96. The lowest BCUT2D eigenvalue weighted by atomic mass is 9.98. The highest BCUT2D eigenvalue weighted by molar-refractivity contribution is 7.80. The fourth-order valence-corrected chi connectivity index (χ4v) is 3.08. The lowest BCUT2D eigenvalue weighted by Crippen LogP contribution is -2.56. The lowest BCUT2D eigenvalue weighted by Gasteiger charge is -2.39. The molecule has 0 heterocycles. The molecule has 0 aliphatic rings. The molecule has 0 radical (unpaired) electrons. The molecule has 0 saturated carbocycles. The van der Waals surface area contributed by atoms with E-state index < -0.39 is 17.7 Å². The van der Waals surface area contributed by atoms with Crippen LogP contribution in [0.4, 0.5) is 4.79 Å². The molecule has 0 aliphatic heterocycles. The zero-order valence-corrected chi connectivity index (χ0v) is 16.7. The predicted octanol–water partition coefficient (Wildman–Crippen LogP) is 4.24. The molecule has 6 heteroatoms. The maximum atomic E-state index is 11.7. The van der Waals surface area contributed by atoms with Gasteiger partial charge in [-0.1, -0.05) is 54.7 Å². The van der Waals surface area contributed by atoms with Crippen LogP contribution in [0.3, 0.4) is 0 Å². The highest BCUT2D eigenvalue weighted by atomic mass is 32.1. The first-order valence-electron chi connectivity index (χ1n) is 8.75. The molecule has 144 valence electrons. The number of thiocarbonyl (C=S) groups is 1. The Balaban J connectivity index is 2.08. The number of benzene rings is 2. The van der Waals surface area contributed by atoms with Crippen LogP contribution in [0.1, 0.15) is 31.9 Å². The maximum Gasteiger partial charge on any atom is 0.408 e. The van der Waals surface area contributed by atoms with E-state index in [0.717, 1.165) is 16.9 Å². The van der Waals surface area contributed by atoms with Crippen molar-refractivity contribution in [1.29, 1.82) is 0 Å². The first-order valence-corrected chi connectivity index (χ1v) is 9.16. The molecule has 3 N–H and O–H groups in total. The van der Waals surface area contributed by atoms with Crippen molar-refractivity contribution in [2.75, 3.05) is 0 Å². The van der Waals surface area contributed by atoms with Crippen LogP contribution in [-0.4, -0.2) is 32.7 Å². The zero-order chi connectivity index (χ0) is 20.0. The SMILES string of the molecule is CC(C)(C)N(C(=O)O)C(Cc1ccc(OCc2ccccc2)cc1)C(N)=S. The van der Waals surface area contributed by atoms with Crippen LogP contribution < -0.4 is 10.5 Å². The summed E-state index contributed by atoms with van der Waals surface area (Å²) in [6, 6.07) is 16.9. The van der Waals surface area contributed by atoms with Crippen molar-refractivity contribution in [2.24, 2.45) is 5.73 Å². The number of ether oxygens (including phenoxy) is 1. The van der Waals surface area contributed by atoms with E-state index >= 15 is 0 Å². The molecule has 2 rings (SSSR count). The van der Waals surface area contributed by atoms with Gasteiger partial charge >= 0.3 is 6.09 Å². The minimum atomic E-state index is -1.04. The normalized spacial score (nSPS) is 12.3. The van der Waals surface area contributed by atoms with Crippen LogP contribution in [0.5, 0.6) is 5.75 Å². The van der Waals surface area contributed by atoms with Crippen LogP contribution in [0.2, 0.25) is 0 Å². The minimum Gasteiger partial charge on any atom is -0.489 e. The molecule has 1 unspecified atom stereocenters. The smallest absolute Gasteiger partial charge is 0.408 e. The Labute approximate surface area is 165 Å². The summed E-state index contributed by atoms with van der Waals surface area (Å²) >= 11 is 5.15. The van der Waals surface area contributed by atoms with Gasteiger partial charge in [0.1, 0.15) is 12.4 Å². The average Bonchev–Trinajstić information content (AvgIpc) is 2.60. The first-order chi connectivity index (χ1) is 12.7. The lowest BCUT2D eigenvalue weighted by molar-refractivity contribution is 0.0882. The molecule has 27 heavy (non-hydrogen) atoms. The number of nitrogens with two attached hydrogens (primary N) is 1. The van der Waals surface area contributed by atoms with Gasteiger partial charge in [0.2, 0.25) is 0 Å². The molecule has 2 aromatic carbocycles. The monoisotopic (exact) mass is 386 g/mol. The quantitative estimate of drug-likeness (QED) is 0.696. The number of amides is 1. The van der Waals surface area contributed by atoms with E-state index in [9.17, 15) is 9.90 Å². The van der Waals surface area contributed by atoms with Gasteiger partial charge in [0, 0.05) is 5.54 Å². The summed E-state index contributed by atoms with van der Waals surface area (Å²) in [7, 11) is 0. The molecule has 0 saturated heterocycles. The van der Waals surface area contributed by atoms with Gasteiger partial charge in [-0.3, -0.25) is 4.90 Å². The molecule has 0 aliphatic carbocycles. The molecule has 0 spiro atoms. The molecule has 0 bridgehead atoms. The highest BCUT2D eigenvalue weighted by Gasteiger charge is 2.34. The maximum absolute atomic E-state index is 11.7. The van der Waals surface area contributed by atoms with E-state index in [0.29, 0.717) is 13.0 Å². The Hall–Kier alpha value is -2.60. The van der Waals surface area contributed by atoms with Crippen molar-refractivity contribution in [1.82, 2.24) is 4.90 Å². The van der Waals surface area contributed by atoms with E-state index in [4.69, 9.17) is 22.7 Å². The zero-order valence-electron chi connectivity index (χ0n) is 15.9. The summed E-state index contributed by atoms with van der Waals surface area (Å²) in [4.78, 5) is 13.2. The van der Waals surface area contributed by atoms with Crippen molar-refractivity contribution in [3.8, 4) is 5.75 Å². The highest BCUT2D eigenvalue weighted by Crippen LogP contribution is 2.22. The van der Waals surface area contributed by atoms with Crippen molar-refractivity contribution < 1.29 is 14.6 Å². The van der Waals surface area contributed by atoms with E-state index in [1.165, 1.54) is 4.90 Å². The van der Waals surface area contributed by atoms with Crippen molar-refractivity contribution in [2.45, 2.75) is 45.4 Å². The Bertz CT molecular complexity index is 770. The second-order valence-electron chi connectivity index (χ2n) is 7.36. The summed E-state index contributed by atoms with van der Waals surface area (Å²) in [5.74, 6) is 0.750. The van der Waals surface area contributed by atoms with Crippen LogP contribution in [0, 0.1) is 0 Å². The summed E-state index contributed by atoms with van der Waals surface area (Å²) in [5.41, 5.74) is 7.29. The van der Waals surface area contributed by atoms with Crippen molar-refractivity contribution in [3.05, 3.63) is 65.7 Å². The molecule has 5 nitrogen and oxygen atoms in total. The van der Waals surface area contributed by atoms with E-state index in [2.05, 4.69) is 0 Å². The van der Waals surface area contributed by atoms with E-state index in [1.54, 1.807) is 0 Å². The van der Waals surface area contributed by atoms with Crippen molar-refractivity contribution >= 4 is 23.3 Å². The molecule has 2 aromatic rings. The predicted molar refractivity (Wildman–Crippen MR) is 111 cm³/mol. The molecular weight excluding hydrogens is 360 g/mol. The van der Waals surface area contributed by atoms with Gasteiger partial charge in [0.05, 0.1) is 11.0 Å². The Morgan fingerprint density at radius 3 is 2.19 bits per heavy atom. The number of hydrogen-bond acceptors (Lipinski definition) is 3.